The summed E-state index contributed by atoms with van der Waals surface area (Å²) in [4.78, 5) is 5.05. The Hall–Kier alpha value is -0.320. The van der Waals surface area contributed by atoms with Gasteiger partial charge >= 0.3 is 0 Å². The van der Waals surface area contributed by atoms with E-state index in [-0.39, 0.29) is 6.61 Å². The molecule has 5 heteroatoms. The lowest BCUT2D eigenvalue weighted by molar-refractivity contribution is 0.165. The van der Waals surface area contributed by atoms with Crippen LogP contribution in [-0.2, 0) is 6.54 Å². The third-order valence-electron chi connectivity index (χ3n) is 5.41. The van der Waals surface area contributed by atoms with Gasteiger partial charge < -0.3 is 10.0 Å². The summed E-state index contributed by atoms with van der Waals surface area (Å²) in [5.74, 6) is 0.936. The lowest BCUT2D eigenvalue weighted by Crippen LogP contribution is -2.34. The first-order valence-corrected chi connectivity index (χ1v) is 9.90. The molecule has 3 nitrogen and oxygen atoms in total. The highest BCUT2D eigenvalue weighted by Crippen LogP contribution is 2.28. The van der Waals surface area contributed by atoms with Crippen LogP contribution in [0, 0.1) is 11.8 Å². The number of aliphatic hydroxyl groups excluding tert-OH is 1. The van der Waals surface area contributed by atoms with E-state index in [2.05, 4.69) is 9.80 Å². The fourth-order valence-electron chi connectivity index (χ4n) is 4.19. The number of aliphatic hydroxyl groups is 1. The minimum atomic E-state index is 0.283. The van der Waals surface area contributed by atoms with E-state index in [4.69, 9.17) is 23.2 Å². The zero-order chi connectivity index (χ0) is 16.9. The van der Waals surface area contributed by atoms with Crippen molar-refractivity contribution in [2.75, 3.05) is 39.3 Å². The Kier molecular flexibility index (Phi) is 6.82. The highest BCUT2D eigenvalue weighted by Gasteiger charge is 2.33. The molecule has 0 amide bonds. The molecule has 3 rings (SSSR count). The molecule has 1 aromatic rings. The van der Waals surface area contributed by atoms with Gasteiger partial charge in [-0.25, -0.2) is 0 Å². The lowest BCUT2D eigenvalue weighted by atomic mass is 9.96. The van der Waals surface area contributed by atoms with Gasteiger partial charge in [-0.3, -0.25) is 4.90 Å². The average Bonchev–Trinajstić information content (AvgIpc) is 2.73. The molecule has 1 aromatic carbocycles. The second kappa shape index (κ2) is 8.86. The molecular formula is C19H28Cl2N2O. The number of halogens is 2. The second-order valence-corrected chi connectivity index (χ2v) is 8.26. The molecule has 0 saturated carbocycles. The maximum atomic E-state index is 9.81. The molecule has 24 heavy (non-hydrogen) atoms. The van der Waals surface area contributed by atoms with Crippen molar-refractivity contribution < 1.29 is 5.11 Å². The molecule has 1 N–H and O–H groups in total. The van der Waals surface area contributed by atoms with Crippen LogP contribution in [0.5, 0.6) is 0 Å². The van der Waals surface area contributed by atoms with Gasteiger partial charge in [0, 0.05) is 42.8 Å². The lowest BCUT2D eigenvalue weighted by Gasteiger charge is -2.26. The van der Waals surface area contributed by atoms with E-state index in [0.717, 1.165) is 31.7 Å². The number of hydrogen-bond donors (Lipinski definition) is 1. The fraction of sp³-hybridized carbons (Fsp3) is 0.684. The largest absolute Gasteiger partial charge is 0.396 e. The molecule has 0 aliphatic carbocycles. The number of nitrogens with zero attached hydrogens (tertiary/aromatic N) is 2. The maximum absolute atomic E-state index is 9.81. The summed E-state index contributed by atoms with van der Waals surface area (Å²) < 4.78 is 0. The van der Waals surface area contributed by atoms with Crippen molar-refractivity contribution >= 4 is 23.2 Å². The molecule has 2 atom stereocenters. The first-order valence-electron chi connectivity index (χ1n) is 9.14. The predicted molar refractivity (Wildman–Crippen MR) is 101 cm³/mol. The third-order valence-corrected chi connectivity index (χ3v) is 5.84. The van der Waals surface area contributed by atoms with Crippen molar-refractivity contribution in [3.63, 3.8) is 0 Å². The van der Waals surface area contributed by atoms with Crippen LogP contribution in [0.15, 0.2) is 18.2 Å². The minimum Gasteiger partial charge on any atom is -0.396 e. The Balaban J connectivity index is 1.58. The van der Waals surface area contributed by atoms with Crippen LogP contribution in [0.3, 0.4) is 0 Å². The Bertz CT molecular complexity index is 512. The van der Waals surface area contributed by atoms with E-state index in [1.165, 1.54) is 38.8 Å². The van der Waals surface area contributed by atoms with Gasteiger partial charge in [-0.1, -0.05) is 36.0 Å². The average molecular weight is 371 g/mol. The van der Waals surface area contributed by atoms with Crippen LogP contribution < -0.4 is 0 Å². The van der Waals surface area contributed by atoms with Crippen molar-refractivity contribution in [1.29, 1.82) is 0 Å². The van der Waals surface area contributed by atoms with Crippen molar-refractivity contribution in [2.24, 2.45) is 11.8 Å². The molecule has 0 spiro atoms. The first-order chi connectivity index (χ1) is 11.6. The van der Waals surface area contributed by atoms with Gasteiger partial charge in [-0.05, 0) is 61.5 Å². The highest BCUT2D eigenvalue weighted by atomic mass is 35.5. The van der Waals surface area contributed by atoms with E-state index in [9.17, 15) is 5.11 Å². The van der Waals surface area contributed by atoms with Gasteiger partial charge in [-0.15, -0.1) is 0 Å². The molecule has 2 saturated heterocycles. The zero-order valence-corrected chi connectivity index (χ0v) is 15.8. The fourth-order valence-corrected chi connectivity index (χ4v) is 4.76. The monoisotopic (exact) mass is 370 g/mol. The molecular weight excluding hydrogens is 343 g/mol. The summed E-state index contributed by atoms with van der Waals surface area (Å²) in [6.07, 6.45) is 5.38. The van der Waals surface area contributed by atoms with Crippen LogP contribution in [0.4, 0.5) is 0 Å². The van der Waals surface area contributed by atoms with Crippen LogP contribution in [0.2, 0.25) is 10.0 Å². The minimum absolute atomic E-state index is 0.283. The van der Waals surface area contributed by atoms with E-state index in [1.807, 2.05) is 12.1 Å². The third kappa shape index (κ3) is 5.09. The first kappa shape index (κ1) is 18.5. The van der Waals surface area contributed by atoms with Crippen LogP contribution in [-0.4, -0.2) is 54.2 Å². The summed E-state index contributed by atoms with van der Waals surface area (Å²) in [6.45, 7) is 6.71. The summed E-state index contributed by atoms with van der Waals surface area (Å²) >= 11 is 12.2. The quantitative estimate of drug-likeness (QED) is 0.850. The number of likely N-dealkylation sites (tertiary alicyclic amines) is 2. The second-order valence-electron chi connectivity index (χ2n) is 7.39. The van der Waals surface area contributed by atoms with Crippen molar-refractivity contribution in [1.82, 2.24) is 9.80 Å². The van der Waals surface area contributed by atoms with Gasteiger partial charge in [0.05, 0.1) is 0 Å². The Morgan fingerprint density at radius 2 is 1.50 bits per heavy atom. The maximum Gasteiger partial charge on any atom is 0.0475 e. The Morgan fingerprint density at radius 3 is 2.12 bits per heavy atom. The van der Waals surface area contributed by atoms with E-state index in [0.29, 0.717) is 21.9 Å². The Morgan fingerprint density at radius 1 is 0.875 bits per heavy atom. The van der Waals surface area contributed by atoms with E-state index < -0.39 is 0 Å². The molecule has 0 aromatic heterocycles. The van der Waals surface area contributed by atoms with Gasteiger partial charge in [0.15, 0.2) is 0 Å². The zero-order valence-electron chi connectivity index (χ0n) is 14.3. The Labute approximate surface area is 155 Å². The summed E-state index contributed by atoms with van der Waals surface area (Å²) in [7, 11) is 0. The van der Waals surface area contributed by atoms with Crippen LogP contribution in [0.25, 0.3) is 0 Å². The molecule has 2 aliphatic rings. The summed E-state index contributed by atoms with van der Waals surface area (Å²) in [5, 5.41) is 11.2. The molecule has 0 radical (unpaired) electrons. The van der Waals surface area contributed by atoms with Gasteiger partial charge in [0.25, 0.3) is 0 Å². The molecule has 134 valence electrons. The topological polar surface area (TPSA) is 26.7 Å². The smallest absolute Gasteiger partial charge is 0.0475 e. The number of hydrogen-bond acceptors (Lipinski definition) is 3. The highest BCUT2D eigenvalue weighted by molar-refractivity contribution is 6.34. The van der Waals surface area contributed by atoms with E-state index >= 15 is 0 Å². The predicted octanol–water partition coefficient (Wildman–Crippen LogP) is 3.91. The van der Waals surface area contributed by atoms with Gasteiger partial charge in [0.2, 0.25) is 0 Å². The standard InChI is InChI=1S/C19H28Cl2N2O/c20-18-7-15(8-19(21)9-18)10-23-12-16(17(13-23)14-24)11-22-5-3-1-2-4-6-22/h7-9,16-17,24H,1-6,10-14H2/t16-,17-/m0/s1. The van der Waals surface area contributed by atoms with Gasteiger partial charge in [0.1, 0.15) is 0 Å². The van der Waals surface area contributed by atoms with Crippen molar-refractivity contribution in [2.45, 2.75) is 32.2 Å². The normalized spacial score (nSPS) is 26.6. The summed E-state index contributed by atoms with van der Waals surface area (Å²) in [6, 6.07) is 5.75. The van der Waals surface area contributed by atoms with Crippen LogP contribution in [0.1, 0.15) is 31.2 Å². The van der Waals surface area contributed by atoms with Gasteiger partial charge in [-0.2, -0.15) is 0 Å². The molecule has 2 fully saturated rings. The van der Waals surface area contributed by atoms with Crippen LogP contribution >= 0.6 is 23.2 Å². The molecule has 0 bridgehead atoms. The molecule has 0 unspecified atom stereocenters. The number of rotatable bonds is 5. The van der Waals surface area contributed by atoms with Crippen molar-refractivity contribution in [3.05, 3.63) is 33.8 Å². The van der Waals surface area contributed by atoms with Crippen molar-refractivity contribution in [3.8, 4) is 0 Å². The van der Waals surface area contributed by atoms with E-state index in [1.54, 1.807) is 6.07 Å². The molecule has 2 aliphatic heterocycles. The number of benzene rings is 1. The molecule has 2 heterocycles. The summed E-state index contributed by atoms with van der Waals surface area (Å²) in [5.41, 5.74) is 1.15. The SMILES string of the molecule is OC[C@@H]1CN(Cc2cc(Cl)cc(Cl)c2)C[C@@H]1CN1CCCCCC1.